The number of methoxy groups -OCH3 is 1. The third kappa shape index (κ3) is 4.45. The minimum Gasteiger partial charge on any atom is -0.443 e. The number of ether oxygens (including phenoxy) is 1. The smallest absolute Gasteiger partial charge is 0.233 e. The summed E-state index contributed by atoms with van der Waals surface area (Å²) in [5, 5.41) is 0. The van der Waals surface area contributed by atoms with Crippen LogP contribution in [0.3, 0.4) is 0 Å². The number of oxazole rings is 1. The van der Waals surface area contributed by atoms with Crippen LogP contribution in [-0.2, 0) is 41.1 Å². The Morgan fingerprint density at radius 3 is 2.42 bits per heavy atom. The predicted molar refractivity (Wildman–Crippen MR) is 125 cm³/mol. The van der Waals surface area contributed by atoms with Gasteiger partial charge in [0.1, 0.15) is 18.1 Å². The number of nitrogens with zero attached hydrogens (tertiary/aromatic N) is 3. The predicted octanol–water partition coefficient (Wildman–Crippen LogP) is 3.94. The van der Waals surface area contributed by atoms with Crippen molar-refractivity contribution in [3.8, 4) is 0 Å². The van der Waals surface area contributed by atoms with Gasteiger partial charge in [-0.1, -0.05) is 60.7 Å². The maximum atomic E-state index is 14.1. The SMILES string of the molecule is COCc1nc2c(o1)CCN(C(=O)C1(c3ccccc3)CCN(Cc3ccccc3)CC1)C2. The largest absolute Gasteiger partial charge is 0.443 e. The van der Waals surface area contributed by atoms with E-state index in [2.05, 4.69) is 52.3 Å². The zero-order valence-electron chi connectivity index (χ0n) is 19.2. The number of aromatic nitrogens is 1. The quantitative estimate of drug-likeness (QED) is 0.575. The number of hydrogen-bond acceptors (Lipinski definition) is 5. The lowest BCUT2D eigenvalue weighted by molar-refractivity contribution is -0.140. The van der Waals surface area contributed by atoms with Crippen molar-refractivity contribution in [3.63, 3.8) is 0 Å². The lowest BCUT2D eigenvalue weighted by Crippen LogP contribution is -2.53. The van der Waals surface area contributed by atoms with Crippen molar-refractivity contribution in [2.45, 2.75) is 44.4 Å². The Morgan fingerprint density at radius 1 is 1.03 bits per heavy atom. The Kier molecular flexibility index (Phi) is 6.29. The van der Waals surface area contributed by atoms with E-state index < -0.39 is 5.41 Å². The third-order valence-corrected chi connectivity index (χ3v) is 7.02. The number of likely N-dealkylation sites (tertiary alicyclic amines) is 1. The van der Waals surface area contributed by atoms with E-state index in [0.29, 0.717) is 32.0 Å². The minimum absolute atomic E-state index is 0.218. The van der Waals surface area contributed by atoms with Crippen LogP contribution in [0.15, 0.2) is 65.1 Å². The van der Waals surface area contributed by atoms with Crippen molar-refractivity contribution in [2.75, 3.05) is 26.7 Å². The van der Waals surface area contributed by atoms with Gasteiger partial charge in [-0.2, -0.15) is 0 Å². The first-order chi connectivity index (χ1) is 16.2. The standard InChI is InChI=1S/C27H31N3O3/c1-32-20-25-28-23-19-30(15-12-24(23)33-25)26(31)27(22-10-6-3-7-11-22)13-16-29(17-14-27)18-21-8-4-2-5-9-21/h2-11H,12-20H2,1H3. The van der Waals surface area contributed by atoms with Gasteiger partial charge in [-0.25, -0.2) is 4.98 Å². The summed E-state index contributed by atoms with van der Waals surface area (Å²) < 4.78 is 11.0. The average Bonchev–Trinajstić information content (AvgIpc) is 3.27. The summed E-state index contributed by atoms with van der Waals surface area (Å²) in [6.45, 7) is 4.24. The number of carbonyl (C=O) groups excluding carboxylic acids is 1. The number of hydrogen-bond donors (Lipinski definition) is 0. The third-order valence-electron chi connectivity index (χ3n) is 7.02. The van der Waals surface area contributed by atoms with Gasteiger partial charge in [-0.15, -0.1) is 0 Å². The molecule has 2 aliphatic rings. The molecule has 0 aliphatic carbocycles. The second-order valence-electron chi connectivity index (χ2n) is 9.10. The fourth-order valence-corrected chi connectivity index (χ4v) is 5.23. The first-order valence-corrected chi connectivity index (χ1v) is 11.8. The van der Waals surface area contributed by atoms with Crippen molar-refractivity contribution in [3.05, 3.63) is 89.1 Å². The zero-order chi connectivity index (χ0) is 22.7. The molecule has 0 N–H and O–H groups in total. The molecule has 33 heavy (non-hydrogen) atoms. The highest BCUT2D eigenvalue weighted by Gasteiger charge is 2.45. The van der Waals surface area contributed by atoms with Gasteiger partial charge in [0.15, 0.2) is 0 Å². The molecule has 0 bridgehead atoms. The van der Waals surface area contributed by atoms with Gasteiger partial charge < -0.3 is 14.1 Å². The van der Waals surface area contributed by atoms with Crippen LogP contribution < -0.4 is 0 Å². The summed E-state index contributed by atoms with van der Waals surface area (Å²) in [6, 6.07) is 20.9. The maximum absolute atomic E-state index is 14.1. The van der Waals surface area contributed by atoms with Gasteiger partial charge in [-0.05, 0) is 37.1 Å². The number of amides is 1. The van der Waals surface area contributed by atoms with Crippen molar-refractivity contribution < 1.29 is 13.9 Å². The van der Waals surface area contributed by atoms with Gasteiger partial charge in [0.05, 0.1) is 12.0 Å². The first kappa shape index (κ1) is 21.9. The molecule has 3 aromatic rings. The van der Waals surface area contributed by atoms with E-state index in [1.165, 1.54) is 5.56 Å². The lowest BCUT2D eigenvalue weighted by atomic mass is 9.71. The van der Waals surface area contributed by atoms with E-state index >= 15 is 0 Å². The van der Waals surface area contributed by atoms with E-state index in [9.17, 15) is 4.79 Å². The van der Waals surface area contributed by atoms with E-state index in [4.69, 9.17) is 9.15 Å². The Morgan fingerprint density at radius 2 is 1.73 bits per heavy atom. The monoisotopic (exact) mass is 445 g/mol. The van der Waals surface area contributed by atoms with Crippen molar-refractivity contribution in [1.82, 2.24) is 14.8 Å². The Labute approximate surface area is 195 Å². The molecule has 1 fully saturated rings. The van der Waals surface area contributed by atoms with Crippen LogP contribution >= 0.6 is 0 Å². The summed E-state index contributed by atoms with van der Waals surface area (Å²) in [5.74, 6) is 1.69. The molecule has 6 heteroatoms. The van der Waals surface area contributed by atoms with Crippen LogP contribution in [0.4, 0.5) is 0 Å². The van der Waals surface area contributed by atoms with Crippen LogP contribution in [0.1, 0.15) is 41.3 Å². The molecule has 0 spiro atoms. The minimum atomic E-state index is -0.495. The van der Waals surface area contributed by atoms with E-state index in [1.54, 1.807) is 7.11 Å². The van der Waals surface area contributed by atoms with Crippen LogP contribution in [-0.4, -0.2) is 47.4 Å². The molecule has 1 amide bonds. The molecular formula is C27H31N3O3. The molecule has 172 valence electrons. The number of rotatable bonds is 6. The molecule has 1 aromatic heterocycles. The molecule has 2 aromatic carbocycles. The number of fused-ring (bicyclic) bond motifs is 1. The van der Waals surface area contributed by atoms with Crippen molar-refractivity contribution in [1.29, 1.82) is 0 Å². The van der Waals surface area contributed by atoms with Gasteiger partial charge in [0.25, 0.3) is 0 Å². The van der Waals surface area contributed by atoms with E-state index in [0.717, 1.165) is 49.5 Å². The number of piperidine rings is 1. The zero-order valence-corrected chi connectivity index (χ0v) is 19.2. The topological polar surface area (TPSA) is 58.8 Å². The normalized spacial score (nSPS) is 18.2. The molecule has 0 radical (unpaired) electrons. The molecule has 0 saturated carbocycles. The Balaban J connectivity index is 1.35. The number of benzene rings is 2. The van der Waals surface area contributed by atoms with Gasteiger partial charge in [0, 0.05) is 26.6 Å². The molecule has 6 nitrogen and oxygen atoms in total. The Hall–Kier alpha value is -2.96. The average molecular weight is 446 g/mol. The first-order valence-electron chi connectivity index (χ1n) is 11.8. The van der Waals surface area contributed by atoms with Crippen LogP contribution in [0.5, 0.6) is 0 Å². The van der Waals surface area contributed by atoms with Crippen LogP contribution in [0, 0.1) is 0 Å². The van der Waals surface area contributed by atoms with E-state index in [-0.39, 0.29) is 5.91 Å². The molecule has 3 heterocycles. The van der Waals surface area contributed by atoms with E-state index in [1.807, 2.05) is 23.1 Å². The molecule has 1 saturated heterocycles. The summed E-state index contributed by atoms with van der Waals surface area (Å²) >= 11 is 0. The second-order valence-corrected chi connectivity index (χ2v) is 9.10. The highest BCUT2D eigenvalue weighted by atomic mass is 16.5. The van der Waals surface area contributed by atoms with Crippen molar-refractivity contribution in [2.24, 2.45) is 0 Å². The second kappa shape index (κ2) is 9.49. The summed E-state index contributed by atoms with van der Waals surface area (Å²) in [4.78, 5) is 23.1. The lowest BCUT2D eigenvalue weighted by Gasteiger charge is -2.44. The van der Waals surface area contributed by atoms with Gasteiger partial charge >= 0.3 is 0 Å². The highest BCUT2D eigenvalue weighted by Crippen LogP contribution is 2.39. The molecule has 0 unspecified atom stereocenters. The Bertz CT molecular complexity index is 1070. The fraction of sp³-hybridized carbons (Fsp3) is 0.407. The van der Waals surface area contributed by atoms with Crippen LogP contribution in [0.2, 0.25) is 0 Å². The van der Waals surface area contributed by atoms with Crippen molar-refractivity contribution >= 4 is 5.91 Å². The fourth-order valence-electron chi connectivity index (χ4n) is 5.23. The van der Waals surface area contributed by atoms with Gasteiger partial charge in [0.2, 0.25) is 11.8 Å². The molecule has 0 atom stereocenters. The van der Waals surface area contributed by atoms with Gasteiger partial charge in [-0.3, -0.25) is 9.69 Å². The maximum Gasteiger partial charge on any atom is 0.233 e. The molecule has 5 rings (SSSR count). The molecule has 2 aliphatic heterocycles. The van der Waals surface area contributed by atoms with Crippen LogP contribution in [0.25, 0.3) is 0 Å². The summed E-state index contributed by atoms with van der Waals surface area (Å²) in [7, 11) is 1.63. The summed E-state index contributed by atoms with van der Waals surface area (Å²) in [5.41, 5.74) is 2.81. The summed E-state index contributed by atoms with van der Waals surface area (Å²) in [6.07, 6.45) is 2.34. The highest BCUT2D eigenvalue weighted by molar-refractivity contribution is 5.88. The number of carbonyl (C=O) groups is 1. The molecular weight excluding hydrogens is 414 g/mol.